The van der Waals surface area contributed by atoms with Crippen LogP contribution >= 0.6 is 15.9 Å². The highest BCUT2D eigenvalue weighted by molar-refractivity contribution is 9.10. The van der Waals surface area contributed by atoms with Gasteiger partial charge in [-0.1, -0.05) is 0 Å². The summed E-state index contributed by atoms with van der Waals surface area (Å²) in [7, 11) is 1.66. The molecule has 1 saturated heterocycles. The number of hydrogen-bond donors (Lipinski definition) is 1. The highest BCUT2D eigenvalue weighted by Gasteiger charge is 2.11. The van der Waals surface area contributed by atoms with Crippen molar-refractivity contribution in [3.8, 4) is 11.5 Å². The summed E-state index contributed by atoms with van der Waals surface area (Å²) in [6.45, 7) is 9.42. The number of hydrogen-bond acceptors (Lipinski definition) is 5. The van der Waals surface area contributed by atoms with Crippen molar-refractivity contribution in [3.63, 3.8) is 0 Å². The minimum absolute atomic E-state index is 0.624. The number of nitrogens with zero attached hydrogens (tertiary/aromatic N) is 1. The topological polar surface area (TPSA) is 43.0 Å². The molecule has 6 heteroatoms. The van der Waals surface area contributed by atoms with Crippen LogP contribution in [-0.2, 0) is 11.3 Å². The fraction of sp³-hybridized carbons (Fsp3) is 0.647. The molecule has 0 atom stereocenters. The van der Waals surface area contributed by atoms with Crippen molar-refractivity contribution in [2.24, 2.45) is 0 Å². The summed E-state index contributed by atoms with van der Waals surface area (Å²) in [4.78, 5) is 2.46. The smallest absolute Gasteiger partial charge is 0.174 e. The molecule has 0 spiro atoms. The zero-order chi connectivity index (χ0) is 16.5. The highest BCUT2D eigenvalue weighted by Crippen LogP contribution is 2.36. The maximum absolute atomic E-state index is 5.65. The maximum Gasteiger partial charge on any atom is 0.174 e. The number of benzene rings is 1. The minimum Gasteiger partial charge on any atom is -0.492 e. The van der Waals surface area contributed by atoms with E-state index in [-0.39, 0.29) is 0 Å². The summed E-state index contributed by atoms with van der Waals surface area (Å²) in [5, 5.41) is 3.50. The van der Waals surface area contributed by atoms with Crippen molar-refractivity contribution in [2.75, 3.05) is 53.1 Å². The number of ether oxygens (including phenoxy) is 3. The largest absolute Gasteiger partial charge is 0.492 e. The van der Waals surface area contributed by atoms with Crippen LogP contribution in [0.2, 0.25) is 0 Å². The van der Waals surface area contributed by atoms with Crippen LogP contribution in [0.5, 0.6) is 11.5 Å². The Bertz CT molecular complexity index is 479. The number of rotatable bonds is 9. The van der Waals surface area contributed by atoms with Crippen molar-refractivity contribution in [3.05, 3.63) is 22.2 Å². The predicted molar refractivity (Wildman–Crippen MR) is 95.4 cm³/mol. The van der Waals surface area contributed by atoms with Gasteiger partial charge in [0.25, 0.3) is 0 Å². The molecule has 0 aliphatic carbocycles. The van der Waals surface area contributed by atoms with Crippen LogP contribution in [0.1, 0.15) is 18.9 Å². The summed E-state index contributed by atoms with van der Waals surface area (Å²) in [6.07, 6.45) is 1.15. The molecular weight excluding hydrogens is 360 g/mol. The summed E-state index contributed by atoms with van der Waals surface area (Å²) < 4.78 is 17.3. The zero-order valence-corrected chi connectivity index (χ0v) is 15.7. The quantitative estimate of drug-likeness (QED) is 0.660. The van der Waals surface area contributed by atoms with E-state index in [4.69, 9.17) is 14.2 Å². The second-order valence-corrected chi connectivity index (χ2v) is 6.38. The number of methoxy groups -OCH3 is 1. The van der Waals surface area contributed by atoms with Gasteiger partial charge in [0.2, 0.25) is 0 Å². The van der Waals surface area contributed by atoms with Crippen molar-refractivity contribution < 1.29 is 14.2 Å². The number of morpholine rings is 1. The van der Waals surface area contributed by atoms with Crippen LogP contribution in [-0.4, -0.2) is 58.0 Å². The molecule has 0 radical (unpaired) electrons. The standard InChI is InChI=1S/C17H27BrN2O3/c1-3-23-16-12-14(11-15(18)17(16)21-2)13-19-5-4-6-20-7-9-22-10-8-20/h11-12,19H,3-10,13H2,1-2H3. The molecule has 2 rings (SSSR count). The summed E-state index contributed by atoms with van der Waals surface area (Å²) in [5.41, 5.74) is 1.19. The van der Waals surface area contributed by atoms with Crippen molar-refractivity contribution >= 4 is 15.9 Å². The van der Waals surface area contributed by atoms with Gasteiger partial charge in [-0.25, -0.2) is 0 Å². The molecule has 1 aromatic rings. The van der Waals surface area contributed by atoms with Crippen LogP contribution in [0.4, 0.5) is 0 Å². The Morgan fingerprint density at radius 1 is 1.30 bits per heavy atom. The van der Waals surface area contributed by atoms with Gasteiger partial charge in [-0.2, -0.15) is 0 Å². The van der Waals surface area contributed by atoms with E-state index in [0.29, 0.717) is 6.61 Å². The minimum atomic E-state index is 0.624. The Hall–Kier alpha value is -0.820. The SMILES string of the molecule is CCOc1cc(CNCCCN2CCOCC2)cc(Br)c1OC. The molecule has 0 unspecified atom stereocenters. The van der Waals surface area contributed by atoms with Crippen molar-refractivity contribution in [1.82, 2.24) is 10.2 Å². The molecule has 1 aliphatic rings. The first-order valence-electron chi connectivity index (χ1n) is 8.24. The van der Waals surface area contributed by atoms with E-state index in [9.17, 15) is 0 Å². The molecule has 5 nitrogen and oxygen atoms in total. The molecule has 1 aromatic carbocycles. The maximum atomic E-state index is 5.65. The van der Waals surface area contributed by atoms with Crippen LogP contribution in [0.3, 0.4) is 0 Å². The predicted octanol–water partition coefficient (Wildman–Crippen LogP) is 2.67. The molecule has 0 saturated carbocycles. The van der Waals surface area contributed by atoms with Crippen molar-refractivity contribution in [1.29, 1.82) is 0 Å². The highest BCUT2D eigenvalue weighted by atomic mass is 79.9. The molecular formula is C17H27BrN2O3. The Balaban J connectivity index is 1.76. The second-order valence-electron chi connectivity index (χ2n) is 5.53. The molecule has 1 heterocycles. The van der Waals surface area contributed by atoms with E-state index in [0.717, 1.165) is 68.3 Å². The lowest BCUT2D eigenvalue weighted by Gasteiger charge is -2.26. The van der Waals surface area contributed by atoms with Gasteiger partial charge in [0.05, 0.1) is 31.4 Å². The average Bonchev–Trinajstić information content (AvgIpc) is 2.56. The molecule has 1 aliphatic heterocycles. The Labute approximate surface area is 147 Å². The van der Waals surface area contributed by atoms with Gasteiger partial charge in [0.1, 0.15) is 0 Å². The van der Waals surface area contributed by atoms with E-state index in [1.807, 2.05) is 13.0 Å². The van der Waals surface area contributed by atoms with E-state index < -0.39 is 0 Å². The van der Waals surface area contributed by atoms with Gasteiger partial charge in [-0.15, -0.1) is 0 Å². The average molecular weight is 387 g/mol. The van der Waals surface area contributed by atoms with Crippen LogP contribution in [0.25, 0.3) is 0 Å². The van der Waals surface area contributed by atoms with Gasteiger partial charge in [-0.05, 0) is 60.1 Å². The van der Waals surface area contributed by atoms with Gasteiger partial charge in [0, 0.05) is 19.6 Å². The first kappa shape index (κ1) is 18.5. The molecule has 0 aromatic heterocycles. The molecule has 130 valence electrons. The number of nitrogens with one attached hydrogen (secondary N) is 1. The number of halogens is 1. The monoisotopic (exact) mass is 386 g/mol. The Morgan fingerprint density at radius 3 is 2.78 bits per heavy atom. The van der Waals surface area contributed by atoms with Crippen LogP contribution in [0, 0.1) is 0 Å². The second kappa shape index (κ2) is 10.1. The lowest BCUT2D eigenvalue weighted by atomic mass is 10.2. The van der Waals surface area contributed by atoms with E-state index in [1.54, 1.807) is 7.11 Å². The van der Waals surface area contributed by atoms with Crippen LogP contribution < -0.4 is 14.8 Å². The summed E-state index contributed by atoms with van der Waals surface area (Å²) >= 11 is 3.55. The Morgan fingerprint density at radius 2 is 2.09 bits per heavy atom. The van der Waals surface area contributed by atoms with Crippen LogP contribution in [0.15, 0.2) is 16.6 Å². The first-order valence-corrected chi connectivity index (χ1v) is 9.04. The lowest BCUT2D eigenvalue weighted by molar-refractivity contribution is 0.0374. The normalized spacial score (nSPS) is 15.6. The van der Waals surface area contributed by atoms with E-state index in [1.165, 1.54) is 5.56 Å². The van der Waals surface area contributed by atoms with Gasteiger partial charge < -0.3 is 19.5 Å². The van der Waals surface area contributed by atoms with Gasteiger partial charge in [0.15, 0.2) is 11.5 Å². The van der Waals surface area contributed by atoms with E-state index >= 15 is 0 Å². The summed E-state index contributed by atoms with van der Waals surface area (Å²) in [6, 6.07) is 4.12. The molecule has 1 N–H and O–H groups in total. The van der Waals surface area contributed by atoms with Gasteiger partial charge in [-0.3, -0.25) is 4.90 Å². The fourth-order valence-electron chi connectivity index (χ4n) is 2.67. The molecule has 0 amide bonds. The molecule has 23 heavy (non-hydrogen) atoms. The fourth-order valence-corrected chi connectivity index (χ4v) is 3.32. The third-order valence-corrected chi connectivity index (χ3v) is 4.42. The first-order chi connectivity index (χ1) is 11.2. The molecule has 1 fully saturated rings. The lowest BCUT2D eigenvalue weighted by Crippen LogP contribution is -2.37. The summed E-state index contributed by atoms with van der Waals surface area (Å²) in [5.74, 6) is 1.54. The third kappa shape index (κ3) is 5.95. The van der Waals surface area contributed by atoms with Crippen molar-refractivity contribution in [2.45, 2.75) is 19.9 Å². The third-order valence-electron chi connectivity index (χ3n) is 3.83. The van der Waals surface area contributed by atoms with E-state index in [2.05, 4.69) is 32.2 Å². The zero-order valence-electron chi connectivity index (χ0n) is 14.1. The van der Waals surface area contributed by atoms with Gasteiger partial charge >= 0.3 is 0 Å². The molecule has 0 bridgehead atoms. The Kier molecular flexibility index (Phi) is 8.16.